The number of hydrogen-bond acceptors (Lipinski definition) is 1. The summed E-state index contributed by atoms with van der Waals surface area (Å²) < 4.78 is 296. The van der Waals surface area contributed by atoms with Crippen molar-refractivity contribution in [3.63, 3.8) is 0 Å². The molecule has 0 saturated carbocycles. The topological polar surface area (TPSA) is 16.8 Å². The van der Waals surface area contributed by atoms with Gasteiger partial charge in [0, 0.05) is 5.56 Å². The summed E-state index contributed by atoms with van der Waals surface area (Å²) >= 11 is 6.05. The minimum absolute atomic E-state index is 0.780. The number of hydrogen-bond donors (Lipinski definition) is 0. The van der Waals surface area contributed by atoms with Gasteiger partial charge in [-0.25, -0.2) is 87.8 Å². The maximum Gasteiger partial charge on any atom is 0.200 e. The zero-order valence-electron chi connectivity index (χ0n) is 27.7. The highest BCUT2D eigenvalue weighted by molar-refractivity contribution is 7.20. The molecule has 0 bridgehead atoms. The van der Waals surface area contributed by atoms with E-state index in [1.54, 1.807) is 12.4 Å². The van der Waals surface area contributed by atoms with Crippen molar-refractivity contribution < 1.29 is 92.4 Å². The highest BCUT2D eigenvalue weighted by atomic mass is 35.5. The van der Waals surface area contributed by atoms with E-state index in [-0.39, 0.29) is 0 Å². The van der Waals surface area contributed by atoms with Gasteiger partial charge in [-0.2, -0.15) is 4.57 Å². The zero-order chi connectivity index (χ0) is 44.2. The van der Waals surface area contributed by atoms with Crippen molar-refractivity contribution in [1.29, 1.82) is 0 Å². The summed E-state index contributed by atoms with van der Waals surface area (Å²) in [7, 11) is 0. The summed E-state index contributed by atoms with van der Waals surface area (Å²) in [6.45, 7) is 0.780. The molecule has 0 aliphatic carbocycles. The second-order valence-electron chi connectivity index (χ2n) is 11.8. The maximum atomic E-state index is 15.4. The smallest absolute Gasteiger partial charge is 0.200 e. The standard InChI is InChI=1S/C24BF20.C11H10ClN2/c26-5-1(6(27)14(35)21(42)13(5)34)25(2-7(28)15(36)22(43)16(37)8(2)29,3-9(30)17(38)23(44)18(39)10(3)31)4-11(32)19(40)24(45)20(41)12(4)33;12-11-4-2-1-3-10(11)9-14-7-5-13-6-8-14/h;1-8H,9H2/q-1;+1. The van der Waals surface area contributed by atoms with Gasteiger partial charge in [-0.05, 0) is 6.07 Å². The molecule has 1 aromatic heterocycles. The lowest BCUT2D eigenvalue weighted by molar-refractivity contribution is -0.688. The van der Waals surface area contributed by atoms with Gasteiger partial charge in [0.25, 0.3) is 0 Å². The minimum atomic E-state index is -7.22. The molecule has 0 unspecified atom stereocenters. The molecule has 0 radical (unpaired) electrons. The molecule has 6 rings (SSSR count). The quantitative estimate of drug-likeness (QED) is 0.0547. The fourth-order valence-electron chi connectivity index (χ4n) is 6.15. The summed E-state index contributed by atoms with van der Waals surface area (Å²) in [6, 6.07) is 7.85. The van der Waals surface area contributed by atoms with Gasteiger partial charge >= 0.3 is 0 Å². The average molecular weight is 885 g/mol. The molecule has 1 heterocycles. The summed E-state index contributed by atoms with van der Waals surface area (Å²) in [5.41, 5.74) is -13.2. The second kappa shape index (κ2) is 16.4. The largest absolute Gasteiger partial charge is 0.252 e. The first-order chi connectivity index (χ1) is 27.6. The molecule has 0 aliphatic heterocycles. The van der Waals surface area contributed by atoms with Crippen LogP contribution in [0.2, 0.25) is 5.02 Å². The molecule has 310 valence electrons. The van der Waals surface area contributed by atoms with Crippen molar-refractivity contribution in [3.8, 4) is 0 Å². The summed E-state index contributed by atoms with van der Waals surface area (Å²) in [5.74, 6) is -71.4. The Bertz CT molecular complexity index is 2280. The molecule has 2 nitrogen and oxygen atoms in total. The van der Waals surface area contributed by atoms with Gasteiger partial charge in [0.05, 0.1) is 17.4 Å². The van der Waals surface area contributed by atoms with Crippen LogP contribution in [0, 0.1) is 116 Å². The van der Waals surface area contributed by atoms with Crippen LogP contribution in [0.25, 0.3) is 0 Å². The highest BCUT2D eigenvalue weighted by Gasteiger charge is 2.52. The van der Waals surface area contributed by atoms with E-state index in [0.29, 0.717) is 0 Å². The first-order valence-corrected chi connectivity index (χ1v) is 15.7. The number of rotatable bonds is 6. The Kier molecular flexibility index (Phi) is 12.3. The van der Waals surface area contributed by atoms with Gasteiger partial charge in [0.1, 0.15) is 52.7 Å². The van der Waals surface area contributed by atoms with Crippen LogP contribution in [0.15, 0.2) is 49.1 Å². The van der Waals surface area contributed by atoms with Crippen LogP contribution >= 0.6 is 11.6 Å². The molecule has 5 aromatic carbocycles. The summed E-state index contributed by atoms with van der Waals surface area (Å²) in [4.78, 5) is 3.96. The van der Waals surface area contributed by atoms with Crippen LogP contribution in [-0.4, -0.2) is 11.1 Å². The van der Waals surface area contributed by atoms with E-state index in [1.165, 1.54) is 0 Å². The molecule has 0 N–H and O–H groups in total. The third-order valence-electron chi connectivity index (χ3n) is 8.71. The lowest BCUT2D eigenvalue weighted by atomic mass is 9.12. The highest BCUT2D eigenvalue weighted by Crippen LogP contribution is 2.30. The van der Waals surface area contributed by atoms with E-state index >= 15 is 35.1 Å². The lowest BCUT2D eigenvalue weighted by Crippen LogP contribution is -2.81. The molecule has 0 amide bonds. The molecule has 59 heavy (non-hydrogen) atoms. The Morgan fingerprint density at radius 3 is 0.864 bits per heavy atom. The Morgan fingerprint density at radius 2 is 0.610 bits per heavy atom. The van der Waals surface area contributed by atoms with Crippen molar-refractivity contribution in [3.05, 3.63) is 176 Å². The Balaban J connectivity index is 0.000000395. The second-order valence-corrected chi connectivity index (χ2v) is 12.2. The Morgan fingerprint density at radius 1 is 0.373 bits per heavy atom. The van der Waals surface area contributed by atoms with Crippen LogP contribution < -0.4 is 26.4 Å². The van der Waals surface area contributed by atoms with Crippen LogP contribution in [0.4, 0.5) is 87.8 Å². The molecule has 0 spiro atoms. The van der Waals surface area contributed by atoms with E-state index < -0.39 is 144 Å². The lowest BCUT2D eigenvalue weighted by Gasteiger charge is -2.44. The van der Waals surface area contributed by atoms with E-state index in [9.17, 15) is 52.7 Å². The molecule has 0 aliphatic rings. The van der Waals surface area contributed by atoms with E-state index in [4.69, 9.17) is 11.6 Å². The van der Waals surface area contributed by atoms with Gasteiger partial charge in [-0.15, -0.1) is 21.9 Å². The van der Waals surface area contributed by atoms with Crippen LogP contribution in [0.1, 0.15) is 5.56 Å². The van der Waals surface area contributed by atoms with Crippen molar-refractivity contribution in [2.24, 2.45) is 0 Å². The van der Waals surface area contributed by atoms with Crippen molar-refractivity contribution in [1.82, 2.24) is 4.98 Å². The first-order valence-electron chi connectivity index (χ1n) is 15.3. The third-order valence-corrected chi connectivity index (χ3v) is 9.07. The molecule has 0 fully saturated rings. The Hall–Kier alpha value is -5.87. The van der Waals surface area contributed by atoms with Crippen molar-refractivity contribution >= 4 is 39.6 Å². The SMILES string of the molecule is Clc1ccccc1C[n+]1ccncc1.Fc1c(F)c(F)c([B-](c2c(F)c(F)c(F)c(F)c2F)(c2c(F)c(F)c(F)c(F)c2F)c2c(F)c(F)c(F)c(F)c2F)c(F)c1F. The first kappa shape index (κ1) is 44.2. The minimum Gasteiger partial charge on any atom is -0.252 e. The number of nitrogens with zero attached hydrogens (tertiary/aromatic N) is 2. The number of benzene rings is 5. The molecular formula is C35H10BClF20N2. The molecule has 0 saturated heterocycles. The van der Waals surface area contributed by atoms with Gasteiger partial charge in [-0.1, -0.05) is 29.8 Å². The van der Waals surface area contributed by atoms with E-state index in [2.05, 4.69) is 4.98 Å². The Labute approximate surface area is 319 Å². The van der Waals surface area contributed by atoms with E-state index in [1.807, 2.05) is 41.2 Å². The normalized spacial score (nSPS) is 11.5. The fourth-order valence-corrected chi connectivity index (χ4v) is 6.35. The summed E-state index contributed by atoms with van der Waals surface area (Å²) in [6.07, 6.45) is 0.144. The van der Waals surface area contributed by atoms with Crippen LogP contribution in [0.3, 0.4) is 0 Å². The van der Waals surface area contributed by atoms with Crippen molar-refractivity contribution in [2.75, 3.05) is 0 Å². The molecular weight excluding hydrogens is 875 g/mol. The van der Waals surface area contributed by atoms with E-state index in [0.717, 1.165) is 17.1 Å². The molecule has 0 atom stereocenters. The van der Waals surface area contributed by atoms with Gasteiger partial charge in [0.15, 0.2) is 88.7 Å². The summed E-state index contributed by atoms with van der Waals surface area (Å²) in [5, 5.41) is 0.803. The van der Waals surface area contributed by atoms with Crippen LogP contribution in [-0.2, 0) is 6.54 Å². The fraction of sp³-hybridized carbons (Fsp3) is 0.0286. The van der Waals surface area contributed by atoms with Gasteiger partial charge in [0.2, 0.25) is 0 Å². The van der Waals surface area contributed by atoms with Gasteiger partial charge < -0.3 is 0 Å². The van der Waals surface area contributed by atoms with Gasteiger partial charge in [-0.3, -0.25) is 4.98 Å². The monoisotopic (exact) mass is 884 g/mol. The predicted octanol–water partition coefficient (Wildman–Crippen LogP) is 7.92. The molecule has 6 aromatic rings. The number of halogens is 21. The number of aromatic nitrogens is 2. The maximum absolute atomic E-state index is 15.4. The van der Waals surface area contributed by atoms with Crippen molar-refractivity contribution in [2.45, 2.75) is 6.54 Å². The van der Waals surface area contributed by atoms with Crippen LogP contribution in [0.5, 0.6) is 0 Å². The zero-order valence-corrected chi connectivity index (χ0v) is 28.5. The predicted molar refractivity (Wildman–Crippen MR) is 164 cm³/mol. The average Bonchev–Trinajstić information content (AvgIpc) is 3.22. The molecule has 24 heteroatoms. The third kappa shape index (κ3) is 6.97.